The van der Waals surface area contributed by atoms with E-state index in [1.165, 1.54) is 6.07 Å². The predicted octanol–water partition coefficient (Wildman–Crippen LogP) is 3.84. The maximum absolute atomic E-state index is 13.5. The molecule has 0 radical (unpaired) electrons. The minimum atomic E-state index is -0.347. The fraction of sp³-hybridized carbons (Fsp3) is 0.0769. The van der Waals surface area contributed by atoms with Gasteiger partial charge in [0.25, 0.3) is 0 Å². The molecule has 0 amide bonds. The first-order valence-electron chi connectivity index (χ1n) is 5.11. The van der Waals surface area contributed by atoms with Crippen molar-refractivity contribution in [3.63, 3.8) is 0 Å². The molecule has 4 heteroatoms. The molecule has 0 heterocycles. The van der Waals surface area contributed by atoms with Gasteiger partial charge in [0.2, 0.25) is 0 Å². The molecule has 88 valence electrons. The van der Waals surface area contributed by atoms with Crippen LogP contribution in [0.1, 0.15) is 5.56 Å². The Morgan fingerprint density at radius 3 is 2.65 bits per heavy atom. The Labute approximate surface area is 107 Å². The summed E-state index contributed by atoms with van der Waals surface area (Å²) in [5, 5.41) is 0. The Kier molecular flexibility index (Phi) is 3.76. The number of nitrogens with two attached hydrogens (primary N) is 1. The van der Waals surface area contributed by atoms with Gasteiger partial charge in [-0.25, -0.2) is 4.39 Å². The highest BCUT2D eigenvalue weighted by Crippen LogP contribution is 2.28. The summed E-state index contributed by atoms with van der Waals surface area (Å²) in [7, 11) is 0. The van der Waals surface area contributed by atoms with Crippen LogP contribution in [0.15, 0.2) is 46.9 Å². The van der Waals surface area contributed by atoms with E-state index in [1.54, 1.807) is 18.2 Å². The fourth-order valence-corrected chi connectivity index (χ4v) is 1.87. The lowest BCUT2D eigenvalue weighted by atomic mass is 10.2. The zero-order valence-corrected chi connectivity index (χ0v) is 10.6. The quantitative estimate of drug-likeness (QED) is 0.934. The summed E-state index contributed by atoms with van der Waals surface area (Å²) in [5.74, 6) is 0.741. The number of halogens is 2. The van der Waals surface area contributed by atoms with Crippen LogP contribution in [0, 0.1) is 5.82 Å². The van der Waals surface area contributed by atoms with Gasteiger partial charge in [-0.15, -0.1) is 0 Å². The van der Waals surface area contributed by atoms with Crippen LogP contribution in [-0.2, 0) is 6.54 Å². The second-order valence-electron chi connectivity index (χ2n) is 3.48. The molecule has 0 aliphatic heterocycles. The minimum Gasteiger partial charge on any atom is -0.457 e. The molecule has 17 heavy (non-hydrogen) atoms. The van der Waals surface area contributed by atoms with E-state index in [9.17, 15) is 4.39 Å². The molecule has 0 saturated carbocycles. The van der Waals surface area contributed by atoms with Crippen LogP contribution < -0.4 is 10.5 Å². The van der Waals surface area contributed by atoms with Crippen molar-refractivity contribution in [3.8, 4) is 11.5 Å². The lowest BCUT2D eigenvalue weighted by molar-refractivity contribution is 0.467. The van der Waals surface area contributed by atoms with E-state index in [2.05, 4.69) is 15.9 Å². The third-order valence-corrected chi connectivity index (χ3v) is 2.80. The van der Waals surface area contributed by atoms with Crippen molar-refractivity contribution in [1.29, 1.82) is 0 Å². The lowest BCUT2D eigenvalue weighted by Crippen LogP contribution is -2.02. The van der Waals surface area contributed by atoms with E-state index in [1.807, 2.05) is 18.2 Å². The van der Waals surface area contributed by atoms with Crippen LogP contribution in [0.4, 0.5) is 4.39 Å². The van der Waals surface area contributed by atoms with Gasteiger partial charge in [0.15, 0.2) is 0 Å². The summed E-state index contributed by atoms with van der Waals surface area (Å²) in [6.07, 6.45) is 0. The Balaban J connectivity index is 2.33. The van der Waals surface area contributed by atoms with Crippen LogP contribution in [0.2, 0.25) is 0 Å². The van der Waals surface area contributed by atoms with Crippen molar-refractivity contribution in [1.82, 2.24) is 0 Å². The molecule has 2 aromatic rings. The molecule has 0 bridgehead atoms. The highest BCUT2D eigenvalue weighted by molar-refractivity contribution is 9.10. The molecule has 0 atom stereocenters. The van der Waals surface area contributed by atoms with E-state index < -0.39 is 0 Å². The summed E-state index contributed by atoms with van der Waals surface area (Å²) in [6.45, 7) is 0.107. The van der Waals surface area contributed by atoms with E-state index in [0.29, 0.717) is 17.1 Å². The summed E-state index contributed by atoms with van der Waals surface area (Å²) < 4.78 is 20.0. The topological polar surface area (TPSA) is 35.2 Å². The Morgan fingerprint density at radius 1 is 1.18 bits per heavy atom. The van der Waals surface area contributed by atoms with Gasteiger partial charge in [0.05, 0.1) is 0 Å². The maximum Gasteiger partial charge on any atom is 0.134 e. The lowest BCUT2D eigenvalue weighted by Gasteiger charge is -2.10. The molecule has 0 spiro atoms. The van der Waals surface area contributed by atoms with E-state index >= 15 is 0 Å². The van der Waals surface area contributed by atoms with E-state index in [-0.39, 0.29) is 12.4 Å². The SMILES string of the molecule is NCc1c(F)cccc1Oc1cccc(Br)c1. The molecule has 0 unspecified atom stereocenters. The molecule has 2 nitrogen and oxygen atoms in total. The van der Waals surface area contributed by atoms with Crippen molar-refractivity contribution in [3.05, 3.63) is 58.3 Å². The summed E-state index contributed by atoms with van der Waals surface area (Å²) in [6, 6.07) is 12.0. The van der Waals surface area contributed by atoms with Crippen molar-refractivity contribution in [2.45, 2.75) is 6.54 Å². The molecule has 0 aromatic heterocycles. The first-order chi connectivity index (χ1) is 8.20. The van der Waals surface area contributed by atoms with Crippen LogP contribution in [0.25, 0.3) is 0 Å². The number of hydrogen-bond acceptors (Lipinski definition) is 2. The Morgan fingerprint density at radius 2 is 1.94 bits per heavy atom. The minimum absolute atomic E-state index is 0.107. The first-order valence-corrected chi connectivity index (χ1v) is 5.91. The average molecular weight is 296 g/mol. The highest BCUT2D eigenvalue weighted by Gasteiger charge is 2.08. The second-order valence-corrected chi connectivity index (χ2v) is 4.40. The van der Waals surface area contributed by atoms with Gasteiger partial charge in [-0.2, -0.15) is 0 Å². The number of benzene rings is 2. The smallest absolute Gasteiger partial charge is 0.134 e. The van der Waals surface area contributed by atoms with Gasteiger partial charge in [-0.05, 0) is 30.3 Å². The van der Waals surface area contributed by atoms with Gasteiger partial charge in [-0.3, -0.25) is 0 Å². The highest BCUT2D eigenvalue weighted by atomic mass is 79.9. The standard InChI is InChI=1S/C13H11BrFNO/c14-9-3-1-4-10(7-9)17-13-6-2-5-12(15)11(13)8-16/h1-7H,8,16H2. The van der Waals surface area contributed by atoms with Gasteiger partial charge >= 0.3 is 0 Å². The van der Waals surface area contributed by atoms with Crippen molar-refractivity contribution in [2.24, 2.45) is 5.73 Å². The Bertz CT molecular complexity index is 531. The molecule has 2 rings (SSSR count). The molecule has 2 aromatic carbocycles. The summed E-state index contributed by atoms with van der Waals surface area (Å²) in [5.41, 5.74) is 5.89. The molecule has 0 saturated heterocycles. The molecule has 0 aliphatic rings. The first kappa shape index (κ1) is 12.1. The summed E-state index contributed by atoms with van der Waals surface area (Å²) >= 11 is 3.35. The monoisotopic (exact) mass is 295 g/mol. The molecule has 0 fully saturated rings. The van der Waals surface area contributed by atoms with Gasteiger partial charge < -0.3 is 10.5 Å². The predicted molar refractivity (Wildman–Crippen MR) is 68.5 cm³/mol. The van der Waals surface area contributed by atoms with Crippen LogP contribution in [-0.4, -0.2) is 0 Å². The summed E-state index contributed by atoms with van der Waals surface area (Å²) in [4.78, 5) is 0. The third kappa shape index (κ3) is 2.84. The van der Waals surface area contributed by atoms with Crippen molar-refractivity contribution < 1.29 is 9.13 Å². The van der Waals surface area contributed by atoms with Crippen molar-refractivity contribution >= 4 is 15.9 Å². The fourth-order valence-electron chi connectivity index (χ4n) is 1.49. The number of ether oxygens (including phenoxy) is 1. The van der Waals surface area contributed by atoms with Gasteiger partial charge in [0, 0.05) is 16.6 Å². The molecule has 2 N–H and O–H groups in total. The van der Waals surface area contributed by atoms with Crippen LogP contribution in [0.5, 0.6) is 11.5 Å². The normalized spacial score (nSPS) is 10.3. The zero-order valence-electron chi connectivity index (χ0n) is 8.99. The second kappa shape index (κ2) is 5.29. The molecule has 0 aliphatic carbocycles. The van der Waals surface area contributed by atoms with E-state index in [4.69, 9.17) is 10.5 Å². The van der Waals surface area contributed by atoms with Crippen LogP contribution in [0.3, 0.4) is 0 Å². The molecular weight excluding hydrogens is 285 g/mol. The van der Waals surface area contributed by atoms with Crippen molar-refractivity contribution in [2.75, 3.05) is 0 Å². The van der Waals surface area contributed by atoms with Gasteiger partial charge in [0.1, 0.15) is 17.3 Å². The molecular formula is C13H11BrFNO. The van der Waals surface area contributed by atoms with Gasteiger partial charge in [-0.1, -0.05) is 28.1 Å². The largest absolute Gasteiger partial charge is 0.457 e. The zero-order chi connectivity index (χ0) is 12.3. The average Bonchev–Trinajstić information content (AvgIpc) is 2.29. The Hall–Kier alpha value is -1.39. The third-order valence-electron chi connectivity index (χ3n) is 2.30. The van der Waals surface area contributed by atoms with E-state index in [0.717, 1.165) is 4.47 Å². The maximum atomic E-state index is 13.5. The number of hydrogen-bond donors (Lipinski definition) is 1. The van der Waals surface area contributed by atoms with Crippen LogP contribution >= 0.6 is 15.9 Å². The number of rotatable bonds is 3.